The number of carbonyl (C=O) groups excluding carboxylic acids is 2. The Kier molecular flexibility index (Phi) is 5.16. The van der Waals surface area contributed by atoms with Crippen LogP contribution in [0.3, 0.4) is 0 Å². The number of benzene rings is 1. The third-order valence-electron chi connectivity index (χ3n) is 5.13. The molecule has 0 aromatic heterocycles. The van der Waals surface area contributed by atoms with Gasteiger partial charge in [-0.3, -0.25) is 14.5 Å². The fourth-order valence-electron chi connectivity index (χ4n) is 3.51. The molecule has 144 valence electrons. The van der Waals surface area contributed by atoms with E-state index < -0.39 is 0 Å². The number of fused-ring (bicyclic) bond motifs is 1. The Balaban J connectivity index is 1.33. The molecular weight excluding hydrogens is 356 g/mol. The summed E-state index contributed by atoms with van der Waals surface area (Å²) >= 11 is 0. The summed E-state index contributed by atoms with van der Waals surface area (Å²) in [7, 11) is 1.60. The Morgan fingerprint density at radius 3 is 2.57 bits per heavy atom. The molecule has 0 bridgehead atoms. The van der Waals surface area contributed by atoms with E-state index in [9.17, 15) is 9.59 Å². The Morgan fingerprint density at radius 1 is 1.11 bits per heavy atom. The summed E-state index contributed by atoms with van der Waals surface area (Å²) in [6.45, 7) is 3.23. The van der Waals surface area contributed by atoms with Crippen LogP contribution in [-0.2, 0) is 4.79 Å². The van der Waals surface area contributed by atoms with Crippen molar-refractivity contribution >= 4 is 23.4 Å². The number of rotatable bonds is 4. The maximum Gasteiger partial charge on any atom is 0.260 e. The number of methoxy groups -OCH3 is 1. The number of amidine groups is 1. The summed E-state index contributed by atoms with van der Waals surface area (Å²) in [6.07, 6.45) is 7.42. The minimum absolute atomic E-state index is 0.0229. The molecule has 2 aliphatic heterocycles. The molecule has 3 aliphatic rings. The van der Waals surface area contributed by atoms with Gasteiger partial charge in [0.05, 0.1) is 19.4 Å². The summed E-state index contributed by atoms with van der Waals surface area (Å²) in [6, 6.07) is 7.16. The van der Waals surface area contributed by atoms with Crippen molar-refractivity contribution in [2.75, 3.05) is 39.8 Å². The maximum atomic E-state index is 12.7. The van der Waals surface area contributed by atoms with Gasteiger partial charge in [0, 0.05) is 31.7 Å². The molecule has 4 rings (SSSR count). The second-order valence-corrected chi connectivity index (χ2v) is 6.92. The summed E-state index contributed by atoms with van der Waals surface area (Å²) in [4.78, 5) is 37.6. The lowest BCUT2D eigenvalue weighted by Crippen LogP contribution is -2.50. The number of hydrogen-bond donors (Lipinski definition) is 0. The van der Waals surface area contributed by atoms with Crippen LogP contribution in [0.5, 0.6) is 5.75 Å². The van der Waals surface area contributed by atoms with Gasteiger partial charge < -0.3 is 9.64 Å². The predicted molar refractivity (Wildman–Crippen MR) is 107 cm³/mol. The average molecular weight is 378 g/mol. The lowest BCUT2D eigenvalue weighted by Gasteiger charge is -2.34. The van der Waals surface area contributed by atoms with E-state index in [1.807, 2.05) is 29.2 Å². The largest absolute Gasteiger partial charge is 0.497 e. The SMILES string of the molecule is COc1ccc(C(=O)N2CCN(CC3=NC(=O)C4C=CC=CC4=N3)CC2)cc1. The van der Waals surface area contributed by atoms with Gasteiger partial charge in [-0.15, -0.1) is 0 Å². The van der Waals surface area contributed by atoms with Gasteiger partial charge in [0.25, 0.3) is 11.8 Å². The van der Waals surface area contributed by atoms with Crippen LogP contribution in [0, 0.1) is 5.92 Å². The fourth-order valence-corrected chi connectivity index (χ4v) is 3.51. The second kappa shape index (κ2) is 7.90. The average Bonchev–Trinajstić information content (AvgIpc) is 2.74. The van der Waals surface area contributed by atoms with Crippen molar-refractivity contribution in [3.05, 3.63) is 54.1 Å². The van der Waals surface area contributed by atoms with Crippen LogP contribution in [0.2, 0.25) is 0 Å². The van der Waals surface area contributed by atoms with Gasteiger partial charge in [-0.2, -0.15) is 4.99 Å². The molecule has 1 saturated heterocycles. The van der Waals surface area contributed by atoms with Gasteiger partial charge in [0.15, 0.2) is 0 Å². The molecule has 0 saturated carbocycles. The highest BCUT2D eigenvalue weighted by Crippen LogP contribution is 2.17. The number of allylic oxidation sites excluding steroid dienone is 3. The zero-order valence-electron chi connectivity index (χ0n) is 15.7. The van der Waals surface area contributed by atoms with E-state index in [0.29, 0.717) is 31.0 Å². The minimum atomic E-state index is -0.340. The zero-order valence-corrected chi connectivity index (χ0v) is 15.7. The van der Waals surface area contributed by atoms with Gasteiger partial charge in [-0.1, -0.05) is 18.2 Å². The van der Waals surface area contributed by atoms with Crippen molar-refractivity contribution in [1.29, 1.82) is 0 Å². The molecule has 0 N–H and O–H groups in total. The monoisotopic (exact) mass is 378 g/mol. The van der Waals surface area contributed by atoms with Crippen LogP contribution in [-0.4, -0.2) is 73.0 Å². The molecule has 2 heterocycles. The number of carbonyl (C=O) groups is 2. The van der Waals surface area contributed by atoms with Crippen molar-refractivity contribution in [1.82, 2.24) is 9.80 Å². The Hall–Kier alpha value is -3.06. The third-order valence-corrected chi connectivity index (χ3v) is 5.13. The first-order valence-electron chi connectivity index (χ1n) is 9.34. The molecule has 2 amide bonds. The van der Waals surface area contributed by atoms with Crippen LogP contribution in [0.4, 0.5) is 0 Å². The number of hydrogen-bond acceptors (Lipinski definition) is 5. The van der Waals surface area contributed by atoms with Gasteiger partial charge in [0.1, 0.15) is 17.5 Å². The summed E-state index contributed by atoms with van der Waals surface area (Å²) in [5.41, 5.74) is 1.41. The summed E-state index contributed by atoms with van der Waals surface area (Å²) < 4.78 is 5.14. The van der Waals surface area contributed by atoms with E-state index in [1.165, 1.54) is 0 Å². The molecule has 1 unspecified atom stereocenters. The Morgan fingerprint density at radius 2 is 1.86 bits per heavy atom. The number of nitrogens with zero attached hydrogens (tertiary/aromatic N) is 4. The maximum absolute atomic E-state index is 12.7. The van der Waals surface area contributed by atoms with Crippen LogP contribution < -0.4 is 4.74 Å². The predicted octanol–water partition coefficient (Wildman–Crippen LogP) is 1.57. The van der Waals surface area contributed by atoms with Crippen LogP contribution in [0.25, 0.3) is 0 Å². The smallest absolute Gasteiger partial charge is 0.260 e. The van der Waals surface area contributed by atoms with Crippen molar-refractivity contribution < 1.29 is 14.3 Å². The molecular formula is C21H22N4O3. The van der Waals surface area contributed by atoms with E-state index in [0.717, 1.165) is 24.6 Å². The zero-order chi connectivity index (χ0) is 19.5. The van der Waals surface area contributed by atoms with E-state index in [1.54, 1.807) is 31.4 Å². The lowest BCUT2D eigenvalue weighted by atomic mass is 9.96. The molecule has 28 heavy (non-hydrogen) atoms. The minimum Gasteiger partial charge on any atom is -0.497 e. The normalized spacial score (nSPS) is 21.8. The van der Waals surface area contributed by atoms with E-state index >= 15 is 0 Å². The van der Waals surface area contributed by atoms with Crippen molar-refractivity contribution in [3.63, 3.8) is 0 Å². The second-order valence-electron chi connectivity index (χ2n) is 6.92. The molecule has 1 atom stereocenters. The number of ether oxygens (including phenoxy) is 1. The molecule has 1 aromatic carbocycles. The molecule has 0 radical (unpaired) electrons. The number of piperazine rings is 1. The molecule has 1 aromatic rings. The topological polar surface area (TPSA) is 74.6 Å². The van der Waals surface area contributed by atoms with Gasteiger partial charge in [-0.05, 0) is 30.3 Å². The fraction of sp³-hybridized carbons (Fsp3) is 0.333. The highest BCUT2D eigenvalue weighted by molar-refractivity contribution is 6.21. The highest BCUT2D eigenvalue weighted by atomic mass is 16.5. The lowest BCUT2D eigenvalue weighted by molar-refractivity contribution is -0.118. The van der Waals surface area contributed by atoms with Gasteiger partial charge in [-0.25, -0.2) is 4.99 Å². The van der Waals surface area contributed by atoms with E-state index in [-0.39, 0.29) is 17.7 Å². The highest BCUT2D eigenvalue weighted by Gasteiger charge is 2.28. The summed E-state index contributed by atoms with van der Waals surface area (Å²) in [5, 5.41) is 0. The van der Waals surface area contributed by atoms with Crippen molar-refractivity contribution in [2.24, 2.45) is 15.9 Å². The molecule has 0 spiro atoms. The first-order valence-corrected chi connectivity index (χ1v) is 9.34. The van der Waals surface area contributed by atoms with Crippen molar-refractivity contribution in [2.45, 2.75) is 0 Å². The van der Waals surface area contributed by atoms with Gasteiger partial charge in [0.2, 0.25) is 0 Å². The van der Waals surface area contributed by atoms with Crippen LogP contribution in [0.15, 0.2) is 58.6 Å². The standard InChI is InChI=1S/C21H22N4O3/c1-28-16-8-6-15(7-9-16)21(27)25-12-10-24(11-13-25)14-19-22-18-5-3-2-4-17(18)20(26)23-19/h2-9,17H,10-14H2,1H3. The van der Waals surface area contributed by atoms with Crippen LogP contribution >= 0.6 is 0 Å². The Bertz CT molecular complexity index is 891. The molecule has 1 aliphatic carbocycles. The van der Waals surface area contributed by atoms with Crippen molar-refractivity contribution in [3.8, 4) is 5.75 Å². The van der Waals surface area contributed by atoms with Crippen LogP contribution in [0.1, 0.15) is 10.4 Å². The third kappa shape index (κ3) is 3.80. The Labute approximate surface area is 163 Å². The molecule has 7 heteroatoms. The number of amides is 2. The molecule has 1 fully saturated rings. The summed E-state index contributed by atoms with van der Waals surface area (Å²) in [5.74, 6) is 0.804. The van der Waals surface area contributed by atoms with E-state index in [2.05, 4.69) is 14.9 Å². The first kappa shape index (κ1) is 18.3. The van der Waals surface area contributed by atoms with Gasteiger partial charge >= 0.3 is 0 Å². The first-order chi connectivity index (χ1) is 13.6. The quantitative estimate of drug-likeness (QED) is 0.797. The number of aliphatic imine (C=N–C) groups is 2. The molecule has 7 nitrogen and oxygen atoms in total. The van der Waals surface area contributed by atoms with E-state index in [4.69, 9.17) is 4.74 Å².